The Morgan fingerprint density at radius 2 is 1.65 bits per heavy atom. The van der Waals surface area contributed by atoms with Crippen LogP contribution in [0, 0.1) is 0 Å². The summed E-state index contributed by atoms with van der Waals surface area (Å²) in [6, 6.07) is 21.7. The Balaban J connectivity index is 1.67. The van der Waals surface area contributed by atoms with E-state index >= 15 is 0 Å². The molecule has 0 radical (unpaired) electrons. The summed E-state index contributed by atoms with van der Waals surface area (Å²) in [4.78, 5) is 0. The van der Waals surface area contributed by atoms with Crippen molar-refractivity contribution in [3.8, 4) is 0 Å². The van der Waals surface area contributed by atoms with E-state index < -0.39 is 0 Å². The van der Waals surface area contributed by atoms with Crippen LogP contribution in [0.3, 0.4) is 0 Å². The van der Waals surface area contributed by atoms with E-state index in [4.69, 9.17) is 4.74 Å². The second-order valence-corrected chi connectivity index (χ2v) is 7.49. The predicted molar refractivity (Wildman–Crippen MR) is 84.8 cm³/mol. The number of hydrogen-bond acceptors (Lipinski definition) is 1. The second-order valence-electron chi connectivity index (χ2n) is 5.19. The molecule has 1 heterocycles. The minimum atomic E-state index is 0.395. The fraction of sp³-hybridized carbons (Fsp3) is 0.333. The molecule has 0 aromatic heterocycles. The average molecular weight is 331 g/mol. The Morgan fingerprint density at radius 3 is 2.40 bits per heavy atom. The van der Waals surface area contributed by atoms with Crippen LogP contribution in [-0.4, -0.2) is 27.7 Å². The molecule has 1 saturated heterocycles. The van der Waals surface area contributed by atoms with E-state index in [2.05, 4.69) is 60.7 Å². The zero-order chi connectivity index (χ0) is 13.6. The van der Waals surface area contributed by atoms with Gasteiger partial charge in [0.15, 0.2) is 0 Å². The van der Waals surface area contributed by atoms with Gasteiger partial charge in [0.25, 0.3) is 0 Å². The van der Waals surface area contributed by atoms with Crippen molar-refractivity contribution in [3.05, 3.63) is 66.2 Å². The van der Waals surface area contributed by atoms with Gasteiger partial charge in [-0.05, 0) is 0 Å². The molecule has 2 heteroatoms. The molecular formula is C18H20OSe. The number of ether oxygens (including phenoxy) is 1. The standard InChI is InChI=1S/C18H20OSe/c1-3-8-15(9-4-1)17-12-7-13-19-18(17)14-20-16-10-5-2-6-11-16/h1-6,8-11,17-18H,7,12-14H2/t17-,18+/m0/s1. The van der Waals surface area contributed by atoms with Gasteiger partial charge in [0.05, 0.1) is 0 Å². The van der Waals surface area contributed by atoms with Gasteiger partial charge in [-0.1, -0.05) is 0 Å². The third-order valence-corrected chi connectivity index (χ3v) is 6.13. The minimum absolute atomic E-state index is 0.395. The van der Waals surface area contributed by atoms with Crippen LogP contribution in [-0.2, 0) is 4.74 Å². The van der Waals surface area contributed by atoms with E-state index in [0.717, 1.165) is 6.61 Å². The maximum absolute atomic E-state index is 6.08. The normalized spacial score (nSPS) is 22.6. The van der Waals surface area contributed by atoms with Gasteiger partial charge in [-0.2, -0.15) is 0 Å². The molecule has 0 saturated carbocycles. The Labute approximate surface area is 127 Å². The van der Waals surface area contributed by atoms with Gasteiger partial charge >= 0.3 is 127 Å². The van der Waals surface area contributed by atoms with Crippen molar-refractivity contribution < 1.29 is 4.74 Å². The summed E-state index contributed by atoms with van der Waals surface area (Å²) in [5, 5.41) is 1.18. The summed E-state index contributed by atoms with van der Waals surface area (Å²) < 4.78 is 7.56. The van der Waals surface area contributed by atoms with Gasteiger partial charge < -0.3 is 0 Å². The molecule has 20 heavy (non-hydrogen) atoms. The molecular weight excluding hydrogens is 311 g/mol. The van der Waals surface area contributed by atoms with Gasteiger partial charge in [-0.15, -0.1) is 0 Å². The van der Waals surface area contributed by atoms with Crippen LogP contribution in [0.5, 0.6) is 0 Å². The molecule has 1 aliphatic rings. The van der Waals surface area contributed by atoms with Crippen molar-refractivity contribution in [1.29, 1.82) is 0 Å². The monoisotopic (exact) mass is 332 g/mol. The predicted octanol–water partition coefficient (Wildman–Crippen LogP) is 3.40. The van der Waals surface area contributed by atoms with Crippen LogP contribution >= 0.6 is 0 Å². The molecule has 1 fully saturated rings. The number of rotatable bonds is 4. The van der Waals surface area contributed by atoms with Crippen molar-refractivity contribution in [2.75, 3.05) is 6.61 Å². The molecule has 0 spiro atoms. The van der Waals surface area contributed by atoms with E-state index in [0.29, 0.717) is 27.0 Å². The molecule has 2 aromatic carbocycles. The second kappa shape index (κ2) is 7.08. The van der Waals surface area contributed by atoms with E-state index in [1.54, 1.807) is 0 Å². The molecule has 1 aliphatic heterocycles. The molecule has 0 amide bonds. The van der Waals surface area contributed by atoms with Crippen molar-refractivity contribution in [3.63, 3.8) is 0 Å². The molecule has 1 nitrogen and oxygen atoms in total. The van der Waals surface area contributed by atoms with Crippen molar-refractivity contribution in [2.24, 2.45) is 0 Å². The number of hydrogen-bond donors (Lipinski definition) is 0. The average Bonchev–Trinajstić information content (AvgIpc) is 2.55. The fourth-order valence-corrected chi connectivity index (χ4v) is 4.95. The van der Waals surface area contributed by atoms with E-state index in [1.165, 1.54) is 28.2 Å². The van der Waals surface area contributed by atoms with Crippen LogP contribution < -0.4 is 4.46 Å². The number of benzene rings is 2. The molecule has 104 valence electrons. The van der Waals surface area contributed by atoms with Crippen LogP contribution in [0.25, 0.3) is 0 Å². The summed E-state index contributed by atoms with van der Waals surface area (Å²) >= 11 is 0.510. The Kier molecular flexibility index (Phi) is 4.91. The van der Waals surface area contributed by atoms with Crippen molar-refractivity contribution in [1.82, 2.24) is 0 Å². The first-order valence-electron chi connectivity index (χ1n) is 7.28. The van der Waals surface area contributed by atoms with Gasteiger partial charge in [-0.3, -0.25) is 0 Å². The summed E-state index contributed by atoms with van der Waals surface area (Å²) in [5.41, 5.74) is 1.45. The van der Waals surface area contributed by atoms with Crippen LogP contribution in [0.2, 0.25) is 5.32 Å². The van der Waals surface area contributed by atoms with E-state index in [-0.39, 0.29) is 0 Å². The fourth-order valence-electron chi connectivity index (χ4n) is 2.78. The molecule has 0 N–H and O–H groups in total. The summed E-state index contributed by atoms with van der Waals surface area (Å²) in [6.45, 7) is 0.929. The summed E-state index contributed by atoms with van der Waals surface area (Å²) in [7, 11) is 0. The van der Waals surface area contributed by atoms with E-state index in [1.807, 2.05) is 0 Å². The topological polar surface area (TPSA) is 9.23 Å². The molecule has 0 aliphatic carbocycles. The summed E-state index contributed by atoms with van der Waals surface area (Å²) in [5.74, 6) is 0.579. The zero-order valence-electron chi connectivity index (χ0n) is 11.6. The van der Waals surface area contributed by atoms with Crippen molar-refractivity contribution in [2.45, 2.75) is 30.2 Å². The first-order valence-corrected chi connectivity index (χ1v) is 9.34. The molecule has 0 bridgehead atoms. The Morgan fingerprint density at radius 1 is 0.950 bits per heavy atom. The van der Waals surface area contributed by atoms with E-state index in [9.17, 15) is 0 Å². The van der Waals surface area contributed by atoms with Gasteiger partial charge in [0.2, 0.25) is 0 Å². The Bertz CT molecular complexity index is 511. The summed E-state index contributed by atoms with van der Waals surface area (Å²) in [6.07, 6.45) is 2.85. The van der Waals surface area contributed by atoms with Crippen LogP contribution in [0.1, 0.15) is 24.3 Å². The Hall–Kier alpha value is -1.08. The SMILES string of the molecule is c1ccc([Se]C[C@H]2OCCC[C@H]2c2ccccc2)cc1. The molecule has 2 atom stereocenters. The quantitative estimate of drug-likeness (QED) is 0.781. The maximum atomic E-state index is 6.08. The van der Waals surface area contributed by atoms with Crippen LogP contribution in [0.15, 0.2) is 60.7 Å². The van der Waals surface area contributed by atoms with Gasteiger partial charge in [0.1, 0.15) is 0 Å². The van der Waals surface area contributed by atoms with Crippen LogP contribution in [0.4, 0.5) is 0 Å². The zero-order valence-corrected chi connectivity index (χ0v) is 13.3. The van der Waals surface area contributed by atoms with Gasteiger partial charge in [0, 0.05) is 0 Å². The third-order valence-electron chi connectivity index (χ3n) is 3.83. The molecule has 0 unspecified atom stereocenters. The molecule has 3 rings (SSSR count). The first kappa shape index (κ1) is 13.9. The molecule has 2 aromatic rings. The van der Waals surface area contributed by atoms with Gasteiger partial charge in [-0.25, -0.2) is 0 Å². The first-order chi connectivity index (χ1) is 9.93. The van der Waals surface area contributed by atoms with Crippen molar-refractivity contribution >= 4 is 19.4 Å². The third kappa shape index (κ3) is 3.52.